The Morgan fingerprint density at radius 3 is 2.70 bits per heavy atom. The average molecular weight is 414 g/mol. The van der Waals surface area contributed by atoms with E-state index in [-0.39, 0.29) is 23.8 Å². The van der Waals surface area contributed by atoms with Crippen molar-refractivity contribution in [3.8, 4) is 17.1 Å². The molecule has 1 aromatic heterocycles. The fourth-order valence-electron chi connectivity index (χ4n) is 3.18. The van der Waals surface area contributed by atoms with Gasteiger partial charge in [0.1, 0.15) is 17.8 Å². The van der Waals surface area contributed by atoms with Gasteiger partial charge in [0.25, 0.3) is 5.91 Å². The molecule has 2 aromatic carbocycles. The number of methoxy groups -OCH3 is 1. The molecular weight excluding hydrogens is 398 g/mol. The van der Waals surface area contributed by atoms with Gasteiger partial charge in [0.05, 0.1) is 7.11 Å². The van der Waals surface area contributed by atoms with Gasteiger partial charge in [0.2, 0.25) is 11.7 Å². The van der Waals surface area contributed by atoms with Gasteiger partial charge in [0.15, 0.2) is 11.6 Å². The van der Waals surface area contributed by atoms with Crippen LogP contribution in [0.2, 0.25) is 0 Å². The van der Waals surface area contributed by atoms with Gasteiger partial charge in [-0.3, -0.25) is 9.69 Å². The van der Waals surface area contributed by atoms with Gasteiger partial charge < -0.3 is 14.6 Å². The topological polar surface area (TPSA) is 97.6 Å². The van der Waals surface area contributed by atoms with Gasteiger partial charge in [-0.25, -0.2) is 13.6 Å². The number of hydrogen-bond donors (Lipinski definition) is 1. The van der Waals surface area contributed by atoms with Crippen LogP contribution in [-0.2, 0) is 16.9 Å². The number of imide groups is 1. The Morgan fingerprint density at radius 1 is 1.17 bits per heavy atom. The summed E-state index contributed by atoms with van der Waals surface area (Å²) in [5, 5.41) is 6.38. The molecule has 1 aliphatic rings. The summed E-state index contributed by atoms with van der Waals surface area (Å²) in [6.45, 7) is 1.14. The van der Waals surface area contributed by atoms with E-state index in [2.05, 4.69) is 15.5 Å². The van der Waals surface area contributed by atoms with Crippen molar-refractivity contribution in [3.63, 3.8) is 0 Å². The molecule has 0 aliphatic carbocycles. The first kappa shape index (κ1) is 19.5. The quantitative estimate of drug-likeness (QED) is 0.645. The van der Waals surface area contributed by atoms with E-state index >= 15 is 0 Å². The fourth-order valence-corrected chi connectivity index (χ4v) is 3.18. The lowest BCUT2D eigenvalue weighted by atomic mass is 9.92. The highest BCUT2D eigenvalue weighted by Gasteiger charge is 2.49. The summed E-state index contributed by atoms with van der Waals surface area (Å²) in [5.74, 6) is -1.92. The van der Waals surface area contributed by atoms with Gasteiger partial charge >= 0.3 is 6.03 Å². The number of benzene rings is 2. The van der Waals surface area contributed by atoms with E-state index < -0.39 is 29.1 Å². The zero-order valence-corrected chi connectivity index (χ0v) is 16.0. The number of nitrogens with zero attached hydrogens (tertiary/aromatic N) is 3. The fraction of sp³-hybridized carbons (Fsp3) is 0.200. The maximum Gasteiger partial charge on any atom is 0.325 e. The molecule has 8 nitrogen and oxygen atoms in total. The summed E-state index contributed by atoms with van der Waals surface area (Å²) < 4.78 is 37.2. The van der Waals surface area contributed by atoms with E-state index in [1.165, 1.54) is 20.1 Å². The van der Waals surface area contributed by atoms with Gasteiger partial charge in [-0.2, -0.15) is 4.98 Å². The van der Waals surface area contributed by atoms with Crippen LogP contribution in [0.4, 0.5) is 13.6 Å². The number of amides is 3. The second-order valence-electron chi connectivity index (χ2n) is 6.82. The lowest BCUT2D eigenvalue weighted by Crippen LogP contribution is -2.41. The predicted octanol–water partition coefficient (Wildman–Crippen LogP) is 2.99. The van der Waals surface area contributed by atoms with E-state index in [1.807, 2.05) is 0 Å². The third kappa shape index (κ3) is 3.25. The Labute approximate surface area is 169 Å². The number of ether oxygens (including phenoxy) is 1. The molecule has 1 N–H and O–H groups in total. The van der Waals surface area contributed by atoms with Crippen LogP contribution in [0.5, 0.6) is 5.75 Å². The maximum absolute atomic E-state index is 13.6. The van der Waals surface area contributed by atoms with Crippen molar-refractivity contribution in [2.75, 3.05) is 7.11 Å². The number of rotatable bonds is 5. The van der Waals surface area contributed by atoms with E-state index in [0.717, 1.165) is 17.0 Å². The highest BCUT2D eigenvalue weighted by Crippen LogP contribution is 2.31. The van der Waals surface area contributed by atoms with Crippen LogP contribution in [0.1, 0.15) is 18.4 Å². The Bertz CT molecular complexity index is 1150. The average Bonchev–Trinajstić information content (AvgIpc) is 3.29. The van der Waals surface area contributed by atoms with Crippen LogP contribution >= 0.6 is 0 Å². The summed E-state index contributed by atoms with van der Waals surface area (Å²) in [6, 6.07) is 9.29. The van der Waals surface area contributed by atoms with Crippen LogP contribution in [0.15, 0.2) is 47.0 Å². The van der Waals surface area contributed by atoms with Crippen LogP contribution in [0.3, 0.4) is 0 Å². The first-order valence-electron chi connectivity index (χ1n) is 8.88. The lowest BCUT2D eigenvalue weighted by molar-refractivity contribution is -0.131. The standard InChI is InChI=1S/C20H16F2N4O4/c1-20(12-6-7-14(21)15(22)9-12)18(27)26(19(28)24-20)10-16-23-17(25-30-16)11-4-3-5-13(8-11)29-2/h3-9H,10H2,1-2H3,(H,24,28)/t20-/m0/s1. The summed E-state index contributed by atoms with van der Waals surface area (Å²) in [4.78, 5) is 30.4. The zero-order valence-electron chi connectivity index (χ0n) is 16.0. The second-order valence-corrected chi connectivity index (χ2v) is 6.82. The number of hydrogen-bond acceptors (Lipinski definition) is 6. The van der Waals surface area contributed by atoms with Crippen LogP contribution in [0.25, 0.3) is 11.4 Å². The number of nitrogens with one attached hydrogen (secondary N) is 1. The Kier molecular flexibility index (Phi) is 4.69. The minimum absolute atomic E-state index is 0.0332. The van der Waals surface area contributed by atoms with Gasteiger partial charge in [-0.15, -0.1) is 0 Å². The molecule has 4 rings (SSSR count). The molecule has 3 amide bonds. The van der Waals surface area contributed by atoms with Crippen LogP contribution < -0.4 is 10.1 Å². The van der Waals surface area contributed by atoms with Crippen molar-refractivity contribution in [2.24, 2.45) is 0 Å². The predicted molar refractivity (Wildman–Crippen MR) is 99.1 cm³/mol. The van der Waals surface area contributed by atoms with E-state index in [1.54, 1.807) is 24.3 Å². The van der Waals surface area contributed by atoms with Gasteiger partial charge in [0, 0.05) is 5.56 Å². The molecule has 0 spiro atoms. The Morgan fingerprint density at radius 2 is 1.97 bits per heavy atom. The highest BCUT2D eigenvalue weighted by molar-refractivity contribution is 6.07. The maximum atomic E-state index is 13.6. The van der Waals surface area contributed by atoms with Crippen LogP contribution in [0, 0.1) is 11.6 Å². The molecular formula is C20H16F2N4O4. The third-order valence-corrected chi connectivity index (χ3v) is 4.86. The molecule has 0 bridgehead atoms. The van der Waals surface area contributed by atoms with E-state index in [0.29, 0.717) is 11.3 Å². The van der Waals surface area contributed by atoms with Crippen molar-refractivity contribution >= 4 is 11.9 Å². The Hall–Kier alpha value is -3.82. The van der Waals surface area contributed by atoms with Crippen molar-refractivity contribution in [1.29, 1.82) is 0 Å². The number of aromatic nitrogens is 2. The highest BCUT2D eigenvalue weighted by atomic mass is 19.2. The first-order chi connectivity index (χ1) is 14.3. The monoisotopic (exact) mass is 414 g/mol. The normalized spacial score (nSPS) is 18.6. The molecule has 1 fully saturated rings. The first-order valence-corrected chi connectivity index (χ1v) is 8.88. The smallest absolute Gasteiger partial charge is 0.325 e. The molecule has 0 radical (unpaired) electrons. The van der Waals surface area contributed by atoms with Crippen molar-refractivity contribution in [3.05, 3.63) is 65.6 Å². The molecule has 10 heteroatoms. The largest absolute Gasteiger partial charge is 0.497 e. The van der Waals surface area contributed by atoms with Gasteiger partial charge in [-0.05, 0) is 36.8 Å². The second kappa shape index (κ2) is 7.21. The molecule has 1 saturated heterocycles. The summed E-state index contributed by atoms with van der Waals surface area (Å²) in [6.07, 6.45) is 0. The minimum atomic E-state index is -1.55. The summed E-state index contributed by atoms with van der Waals surface area (Å²) in [7, 11) is 1.53. The van der Waals surface area contributed by atoms with Crippen molar-refractivity contribution < 1.29 is 27.6 Å². The zero-order chi connectivity index (χ0) is 21.5. The number of urea groups is 1. The molecule has 2 heterocycles. The molecule has 1 atom stereocenters. The Balaban J connectivity index is 1.57. The number of halogens is 2. The summed E-state index contributed by atoms with van der Waals surface area (Å²) in [5.41, 5.74) is -0.806. The number of carbonyl (C=O) groups is 2. The molecule has 0 unspecified atom stereocenters. The van der Waals surface area contributed by atoms with Gasteiger partial charge in [-0.1, -0.05) is 23.4 Å². The minimum Gasteiger partial charge on any atom is -0.497 e. The SMILES string of the molecule is COc1cccc(-c2noc(CN3C(=O)N[C@@](C)(c4ccc(F)c(F)c4)C3=O)n2)c1. The molecule has 0 saturated carbocycles. The molecule has 154 valence electrons. The van der Waals surface area contributed by atoms with E-state index in [4.69, 9.17) is 9.26 Å². The van der Waals surface area contributed by atoms with Crippen molar-refractivity contribution in [1.82, 2.24) is 20.4 Å². The third-order valence-electron chi connectivity index (χ3n) is 4.86. The van der Waals surface area contributed by atoms with Crippen molar-refractivity contribution in [2.45, 2.75) is 19.0 Å². The summed E-state index contributed by atoms with van der Waals surface area (Å²) >= 11 is 0. The molecule has 1 aliphatic heterocycles. The number of carbonyl (C=O) groups excluding carboxylic acids is 2. The molecule has 30 heavy (non-hydrogen) atoms. The molecule has 3 aromatic rings. The lowest BCUT2D eigenvalue weighted by Gasteiger charge is -2.22. The van der Waals surface area contributed by atoms with E-state index in [9.17, 15) is 18.4 Å². The van der Waals surface area contributed by atoms with Crippen LogP contribution in [-0.4, -0.2) is 34.1 Å².